The first-order chi connectivity index (χ1) is 16.4. The van der Waals surface area contributed by atoms with Gasteiger partial charge >= 0.3 is 0 Å². The number of benzene rings is 3. The molecule has 0 aliphatic carbocycles. The van der Waals surface area contributed by atoms with E-state index < -0.39 is 21.7 Å². The molecule has 0 aliphatic rings. The maximum atomic E-state index is 12.9. The van der Waals surface area contributed by atoms with Gasteiger partial charge in [0.05, 0.1) is 9.85 Å². The van der Waals surface area contributed by atoms with E-state index in [2.05, 4.69) is 10.6 Å². The number of nitro groups is 2. The smallest absolute Gasteiger partial charge is 0.270 e. The number of nitrogens with one attached hydrogen (secondary N) is 2. The lowest BCUT2D eigenvalue weighted by molar-refractivity contribution is -0.385. The van der Waals surface area contributed by atoms with Crippen LogP contribution in [0.25, 0.3) is 0 Å². The summed E-state index contributed by atoms with van der Waals surface area (Å²) in [4.78, 5) is 47.1. The van der Waals surface area contributed by atoms with Gasteiger partial charge in [-0.05, 0) is 74.6 Å². The Hall–Kier alpha value is -4.60. The predicted molar refractivity (Wildman–Crippen MR) is 132 cm³/mol. The maximum Gasteiger partial charge on any atom is 0.270 e. The van der Waals surface area contributed by atoms with Crippen molar-refractivity contribution in [2.45, 2.75) is 34.6 Å². The van der Waals surface area contributed by atoms with E-state index in [-0.39, 0.29) is 22.5 Å². The van der Waals surface area contributed by atoms with Gasteiger partial charge in [0, 0.05) is 46.8 Å². The molecule has 2 amide bonds. The lowest BCUT2D eigenvalue weighted by Crippen LogP contribution is -2.18. The fourth-order valence-corrected chi connectivity index (χ4v) is 3.94. The fourth-order valence-electron chi connectivity index (χ4n) is 3.94. The van der Waals surface area contributed by atoms with E-state index in [1.807, 2.05) is 0 Å². The van der Waals surface area contributed by atoms with Gasteiger partial charge < -0.3 is 10.6 Å². The summed E-state index contributed by atoms with van der Waals surface area (Å²) in [6.45, 7) is 8.64. The molecule has 0 unspecified atom stereocenters. The third kappa shape index (κ3) is 5.49. The zero-order valence-electron chi connectivity index (χ0n) is 19.9. The average molecular weight is 476 g/mol. The Bertz CT molecular complexity index is 1300. The summed E-state index contributed by atoms with van der Waals surface area (Å²) >= 11 is 0. The molecule has 0 atom stereocenters. The second-order valence-electron chi connectivity index (χ2n) is 8.42. The molecule has 0 fully saturated rings. The zero-order chi connectivity index (χ0) is 26.0. The number of non-ortho nitro benzene ring substituents is 2. The lowest BCUT2D eigenvalue weighted by Gasteiger charge is -2.19. The number of carbonyl (C=O) groups excluding carboxylic acids is 2. The summed E-state index contributed by atoms with van der Waals surface area (Å²) in [7, 11) is 0. The molecule has 0 aliphatic heterocycles. The van der Waals surface area contributed by atoms with E-state index in [1.165, 1.54) is 24.3 Å². The summed E-state index contributed by atoms with van der Waals surface area (Å²) in [5.74, 6) is -1.06. The summed E-state index contributed by atoms with van der Waals surface area (Å²) in [6, 6.07) is 10.0. The summed E-state index contributed by atoms with van der Waals surface area (Å²) < 4.78 is 0. The number of rotatable bonds is 6. The lowest BCUT2D eigenvalue weighted by atomic mass is 10.0. The standard InChI is InChI=1S/C25H24N4O6/c1-13-6-18(11-20(8-13)28(32)33)24(30)26-22-15(3)10-16(4)23(17(22)5)27-25(31)19-7-14(2)9-21(12-19)29(34)35/h6-12H,1-5H3,(H,26,30)(H,27,31). The molecule has 2 N–H and O–H groups in total. The van der Waals surface area contributed by atoms with E-state index in [4.69, 9.17) is 0 Å². The van der Waals surface area contributed by atoms with Gasteiger partial charge in [0.2, 0.25) is 0 Å². The number of carbonyl (C=O) groups is 2. The third-order valence-electron chi connectivity index (χ3n) is 5.52. The molecule has 0 saturated carbocycles. The van der Waals surface area contributed by atoms with E-state index in [9.17, 15) is 29.8 Å². The normalized spacial score (nSPS) is 10.5. The average Bonchev–Trinajstić information content (AvgIpc) is 2.78. The van der Waals surface area contributed by atoms with Crippen LogP contribution in [-0.2, 0) is 0 Å². The van der Waals surface area contributed by atoms with Crippen molar-refractivity contribution in [2.24, 2.45) is 0 Å². The second-order valence-corrected chi connectivity index (χ2v) is 8.42. The Morgan fingerprint density at radius 3 is 1.34 bits per heavy atom. The zero-order valence-corrected chi connectivity index (χ0v) is 19.9. The summed E-state index contributed by atoms with van der Waals surface area (Å²) in [5, 5.41) is 27.9. The molecule has 0 bridgehead atoms. The quantitative estimate of drug-likeness (QED) is 0.352. The van der Waals surface area contributed by atoms with E-state index in [1.54, 1.807) is 52.8 Å². The molecule has 3 aromatic carbocycles. The van der Waals surface area contributed by atoms with Gasteiger partial charge in [-0.15, -0.1) is 0 Å². The number of aryl methyl sites for hydroxylation is 4. The van der Waals surface area contributed by atoms with Crippen molar-refractivity contribution in [3.8, 4) is 0 Å². The van der Waals surface area contributed by atoms with E-state index in [0.717, 1.165) is 11.1 Å². The molecule has 10 nitrogen and oxygen atoms in total. The highest BCUT2D eigenvalue weighted by molar-refractivity contribution is 6.08. The van der Waals surface area contributed by atoms with Gasteiger partial charge in [0.1, 0.15) is 0 Å². The number of hydrogen-bond acceptors (Lipinski definition) is 6. The van der Waals surface area contributed by atoms with Gasteiger partial charge in [-0.1, -0.05) is 6.07 Å². The van der Waals surface area contributed by atoms with Crippen LogP contribution in [0.1, 0.15) is 48.5 Å². The molecule has 0 heterocycles. The van der Waals surface area contributed by atoms with Crippen molar-refractivity contribution >= 4 is 34.6 Å². The predicted octanol–water partition coefficient (Wildman–Crippen LogP) is 5.55. The Kier molecular flexibility index (Phi) is 6.95. The largest absolute Gasteiger partial charge is 0.321 e. The third-order valence-corrected chi connectivity index (χ3v) is 5.52. The van der Waals surface area contributed by atoms with Gasteiger partial charge in [-0.25, -0.2) is 0 Å². The SMILES string of the molecule is Cc1cc(C(=O)Nc2c(C)cc(C)c(NC(=O)c3cc(C)cc([N+](=O)[O-])c3)c2C)cc([N+](=O)[O-])c1. The number of hydrogen-bond donors (Lipinski definition) is 2. The van der Waals surface area contributed by atoms with Crippen LogP contribution >= 0.6 is 0 Å². The number of amides is 2. The van der Waals surface area contributed by atoms with Crippen LogP contribution in [0.3, 0.4) is 0 Å². The summed E-state index contributed by atoms with van der Waals surface area (Å²) in [6.07, 6.45) is 0. The molecular formula is C25H24N4O6. The Balaban J connectivity index is 1.95. The fraction of sp³-hybridized carbons (Fsp3) is 0.200. The molecule has 10 heteroatoms. The van der Waals surface area contributed by atoms with Crippen molar-refractivity contribution in [1.82, 2.24) is 0 Å². The highest BCUT2D eigenvalue weighted by Crippen LogP contribution is 2.32. The van der Waals surface area contributed by atoms with Crippen LogP contribution in [0, 0.1) is 54.8 Å². The van der Waals surface area contributed by atoms with E-state index >= 15 is 0 Å². The topological polar surface area (TPSA) is 144 Å². The molecule has 35 heavy (non-hydrogen) atoms. The van der Waals surface area contributed by atoms with Gasteiger partial charge in [0.25, 0.3) is 23.2 Å². The number of nitro benzene ring substituents is 2. The maximum absolute atomic E-state index is 12.9. The molecule has 0 radical (unpaired) electrons. The highest BCUT2D eigenvalue weighted by atomic mass is 16.6. The minimum atomic E-state index is -0.560. The molecule has 3 rings (SSSR count). The molecule has 0 spiro atoms. The molecule has 0 saturated heterocycles. The van der Waals surface area contributed by atoms with Crippen LogP contribution in [0.15, 0.2) is 42.5 Å². The van der Waals surface area contributed by atoms with Crippen LogP contribution < -0.4 is 10.6 Å². The van der Waals surface area contributed by atoms with Gasteiger partial charge in [-0.2, -0.15) is 0 Å². The van der Waals surface area contributed by atoms with Crippen LogP contribution in [-0.4, -0.2) is 21.7 Å². The van der Waals surface area contributed by atoms with Gasteiger partial charge in [0.15, 0.2) is 0 Å². The van der Waals surface area contributed by atoms with Crippen LogP contribution in [0.4, 0.5) is 22.7 Å². The minimum absolute atomic E-state index is 0.133. The first kappa shape index (κ1) is 25.0. The monoisotopic (exact) mass is 476 g/mol. The molecular weight excluding hydrogens is 452 g/mol. The van der Waals surface area contributed by atoms with Crippen molar-refractivity contribution in [3.63, 3.8) is 0 Å². The Morgan fingerprint density at radius 1 is 0.629 bits per heavy atom. The van der Waals surface area contributed by atoms with Crippen molar-refractivity contribution in [1.29, 1.82) is 0 Å². The van der Waals surface area contributed by atoms with Crippen LogP contribution in [0.2, 0.25) is 0 Å². The summed E-state index contributed by atoms with van der Waals surface area (Å²) in [5.41, 5.74) is 3.99. The molecule has 0 aromatic heterocycles. The van der Waals surface area contributed by atoms with Crippen molar-refractivity contribution in [3.05, 3.63) is 102 Å². The van der Waals surface area contributed by atoms with E-state index in [0.29, 0.717) is 28.1 Å². The van der Waals surface area contributed by atoms with Crippen LogP contribution in [0.5, 0.6) is 0 Å². The van der Waals surface area contributed by atoms with Gasteiger partial charge in [-0.3, -0.25) is 29.8 Å². The Morgan fingerprint density at radius 2 is 1.00 bits per heavy atom. The van der Waals surface area contributed by atoms with Crippen molar-refractivity contribution in [2.75, 3.05) is 10.6 Å². The minimum Gasteiger partial charge on any atom is -0.321 e. The molecule has 3 aromatic rings. The highest BCUT2D eigenvalue weighted by Gasteiger charge is 2.20. The molecule has 180 valence electrons. The van der Waals surface area contributed by atoms with Crippen molar-refractivity contribution < 1.29 is 19.4 Å². The first-order valence-corrected chi connectivity index (χ1v) is 10.6. The Labute approximate surface area is 201 Å². The second kappa shape index (κ2) is 9.72. The number of anilines is 2. The first-order valence-electron chi connectivity index (χ1n) is 10.6. The number of nitrogens with zero attached hydrogens (tertiary/aromatic N) is 2.